The van der Waals surface area contributed by atoms with Crippen molar-refractivity contribution in [2.45, 2.75) is 51.5 Å². The molecule has 3 rings (SSSR count). The molecule has 1 unspecified atom stereocenters. The van der Waals surface area contributed by atoms with Crippen LogP contribution in [0, 0.1) is 6.92 Å². The Morgan fingerprint density at radius 3 is 2.54 bits per heavy atom. The molecule has 2 fully saturated rings. The standard InChI is InChI=1S/C21H33N3O.ClH/c1-18-7-9-19(10-8-18)16-21(25)24(20-6-5-11-22-17-20)15-14-23-12-3-2-4-13-23;/h7-10,20,22H,2-6,11-17H2,1H3;1H. The molecule has 0 spiro atoms. The van der Waals surface area contributed by atoms with Crippen LogP contribution < -0.4 is 5.32 Å². The van der Waals surface area contributed by atoms with E-state index in [1.165, 1.54) is 44.3 Å². The maximum Gasteiger partial charge on any atom is 0.227 e. The number of halogens is 1. The first-order valence-corrected chi connectivity index (χ1v) is 10.0. The lowest BCUT2D eigenvalue weighted by Crippen LogP contribution is -2.51. The van der Waals surface area contributed by atoms with E-state index in [0.717, 1.165) is 38.2 Å². The molecule has 2 aliphatic rings. The highest BCUT2D eigenvalue weighted by molar-refractivity contribution is 5.85. The van der Waals surface area contributed by atoms with Crippen molar-refractivity contribution < 1.29 is 4.79 Å². The smallest absolute Gasteiger partial charge is 0.227 e. The van der Waals surface area contributed by atoms with Gasteiger partial charge in [-0.3, -0.25) is 4.79 Å². The number of benzene rings is 1. The molecule has 0 aliphatic carbocycles. The third-order valence-corrected chi connectivity index (χ3v) is 5.61. The minimum absolute atomic E-state index is 0. The quantitative estimate of drug-likeness (QED) is 0.825. The van der Waals surface area contributed by atoms with Gasteiger partial charge >= 0.3 is 0 Å². The van der Waals surface area contributed by atoms with Gasteiger partial charge < -0.3 is 15.1 Å². The van der Waals surface area contributed by atoms with Crippen LogP contribution >= 0.6 is 12.4 Å². The van der Waals surface area contributed by atoms with Crippen molar-refractivity contribution in [3.8, 4) is 0 Å². The number of carbonyl (C=O) groups excluding carboxylic acids is 1. The molecule has 146 valence electrons. The van der Waals surface area contributed by atoms with Crippen molar-refractivity contribution in [1.82, 2.24) is 15.1 Å². The van der Waals surface area contributed by atoms with Gasteiger partial charge in [0.1, 0.15) is 0 Å². The fraction of sp³-hybridized carbons (Fsp3) is 0.667. The minimum atomic E-state index is 0. The Hall–Kier alpha value is -1.10. The lowest BCUT2D eigenvalue weighted by molar-refractivity contribution is -0.133. The maximum atomic E-state index is 13.0. The summed E-state index contributed by atoms with van der Waals surface area (Å²) in [5.41, 5.74) is 2.37. The van der Waals surface area contributed by atoms with Gasteiger partial charge in [0, 0.05) is 25.7 Å². The van der Waals surface area contributed by atoms with E-state index < -0.39 is 0 Å². The second kappa shape index (κ2) is 10.9. The summed E-state index contributed by atoms with van der Waals surface area (Å²) in [7, 11) is 0. The summed E-state index contributed by atoms with van der Waals surface area (Å²) in [6.45, 7) is 8.41. The third kappa shape index (κ3) is 6.26. The SMILES string of the molecule is Cc1ccc(CC(=O)N(CCN2CCCCC2)C2CCCNC2)cc1.Cl. The minimum Gasteiger partial charge on any atom is -0.337 e. The van der Waals surface area contributed by atoms with Crippen LogP contribution in [0.5, 0.6) is 0 Å². The Bertz CT molecular complexity index is 537. The van der Waals surface area contributed by atoms with Crippen LogP contribution in [-0.2, 0) is 11.2 Å². The molecule has 1 amide bonds. The van der Waals surface area contributed by atoms with Crippen LogP contribution in [0.2, 0.25) is 0 Å². The average Bonchev–Trinajstić information content (AvgIpc) is 2.65. The van der Waals surface area contributed by atoms with E-state index >= 15 is 0 Å². The van der Waals surface area contributed by atoms with Crippen LogP contribution in [-0.4, -0.2) is 61.0 Å². The second-order valence-corrected chi connectivity index (χ2v) is 7.65. The molecule has 0 saturated carbocycles. The van der Waals surface area contributed by atoms with Crippen molar-refractivity contribution in [1.29, 1.82) is 0 Å². The van der Waals surface area contributed by atoms with Gasteiger partial charge in [-0.2, -0.15) is 0 Å². The van der Waals surface area contributed by atoms with E-state index in [1.807, 2.05) is 0 Å². The zero-order chi connectivity index (χ0) is 17.5. The molecule has 1 atom stereocenters. The van der Waals surface area contributed by atoms with E-state index in [1.54, 1.807) is 0 Å². The number of rotatable bonds is 6. The van der Waals surface area contributed by atoms with Gasteiger partial charge in [0.05, 0.1) is 6.42 Å². The zero-order valence-electron chi connectivity index (χ0n) is 16.1. The fourth-order valence-corrected chi connectivity index (χ4v) is 4.02. The monoisotopic (exact) mass is 379 g/mol. The number of nitrogens with zero attached hydrogens (tertiary/aromatic N) is 2. The number of likely N-dealkylation sites (tertiary alicyclic amines) is 1. The summed E-state index contributed by atoms with van der Waals surface area (Å²) < 4.78 is 0. The predicted octanol–water partition coefficient (Wildman–Crippen LogP) is 3.03. The van der Waals surface area contributed by atoms with E-state index in [2.05, 4.69) is 46.3 Å². The molecule has 26 heavy (non-hydrogen) atoms. The Balaban J connectivity index is 0.00000243. The van der Waals surface area contributed by atoms with Crippen LogP contribution in [0.25, 0.3) is 0 Å². The lowest BCUT2D eigenvalue weighted by atomic mass is 10.0. The molecule has 2 saturated heterocycles. The first-order valence-electron chi connectivity index (χ1n) is 10.0. The summed E-state index contributed by atoms with van der Waals surface area (Å²) in [5, 5.41) is 3.47. The summed E-state index contributed by atoms with van der Waals surface area (Å²) in [5.74, 6) is 0.287. The number of piperidine rings is 2. The molecule has 2 aliphatic heterocycles. The molecule has 0 aromatic heterocycles. The van der Waals surface area contributed by atoms with Crippen LogP contribution in [0.15, 0.2) is 24.3 Å². The molecule has 5 heteroatoms. The summed E-state index contributed by atoms with van der Waals surface area (Å²) >= 11 is 0. The third-order valence-electron chi connectivity index (χ3n) is 5.61. The fourth-order valence-electron chi connectivity index (χ4n) is 4.02. The van der Waals surface area contributed by atoms with Gasteiger partial charge in [0.25, 0.3) is 0 Å². The van der Waals surface area contributed by atoms with Crippen LogP contribution in [0.4, 0.5) is 0 Å². The van der Waals surface area contributed by atoms with Crippen molar-refractivity contribution in [2.24, 2.45) is 0 Å². The molecule has 1 aromatic carbocycles. The van der Waals surface area contributed by atoms with Crippen molar-refractivity contribution in [3.63, 3.8) is 0 Å². The second-order valence-electron chi connectivity index (χ2n) is 7.65. The number of carbonyl (C=O) groups is 1. The molecule has 1 N–H and O–H groups in total. The number of nitrogens with one attached hydrogen (secondary N) is 1. The first-order chi connectivity index (χ1) is 12.2. The number of hydrogen-bond donors (Lipinski definition) is 1. The number of hydrogen-bond acceptors (Lipinski definition) is 3. The molecular formula is C21H34ClN3O. The molecule has 0 radical (unpaired) electrons. The highest BCUT2D eigenvalue weighted by Gasteiger charge is 2.26. The van der Waals surface area contributed by atoms with E-state index in [-0.39, 0.29) is 18.3 Å². The van der Waals surface area contributed by atoms with E-state index in [9.17, 15) is 4.79 Å². The van der Waals surface area contributed by atoms with Gasteiger partial charge in [-0.15, -0.1) is 12.4 Å². The van der Waals surface area contributed by atoms with Gasteiger partial charge in [-0.05, 0) is 57.8 Å². The molecule has 2 heterocycles. The summed E-state index contributed by atoms with van der Waals surface area (Å²) in [6.07, 6.45) is 6.80. The van der Waals surface area contributed by atoms with Crippen molar-refractivity contribution >= 4 is 18.3 Å². The van der Waals surface area contributed by atoms with Gasteiger partial charge in [-0.1, -0.05) is 36.2 Å². The highest BCUT2D eigenvalue weighted by atomic mass is 35.5. The topological polar surface area (TPSA) is 35.6 Å². The van der Waals surface area contributed by atoms with Gasteiger partial charge in [0.15, 0.2) is 0 Å². The summed E-state index contributed by atoms with van der Waals surface area (Å²) in [6, 6.07) is 8.74. The van der Waals surface area contributed by atoms with Crippen molar-refractivity contribution in [2.75, 3.05) is 39.3 Å². The number of amides is 1. The Kier molecular flexibility index (Phi) is 8.89. The van der Waals surface area contributed by atoms with Crippen LogP contribution in [0.1, 0.15) is 43.2 Å². The largest absolute Gasteiger partial charge is 0.337 e. The van der Waals surface area contributed by atoms with E-state index in [4.69, 9.17) is 0 Å². The Labute approximate surface area is 164 Å². The molecule has 0 bridgehead atoms. The lowest BCUT2D eigenvalue weighted by Gasteiger charge is -2.37. The Morgan fingerprint density at radius 1 is 1.15 bits per heavy atom. The van der Waals surface area contributed by atoms with Gasteiger partial charge in [0.2, 0.25) is 5.91 Å². The zero-order valence-corrected chi connectivity index (χ0v) is 16.9. The van der Waals surface area contributed by atoms with Gasteiger partial charge in [-0.25, -0.2) is 0 Å². The molecule has 4 nitrogen and oxygen atoms in total. The maximum absolute atomic E-state index is 13.0. The highest BCUT2D eigenvalue weighted by Crippen LogP contribution is 2.15. The van der Waals surface area contributed by atoms with E-state index in [0.29, 0.717) is 12.5 Å². The van der Waals surface area contributed by atoms with Crippen molar-refractivity contribution in [3.05, 3.63) is 35.4 Å². The molecule has 1 aromatic rings. The average molecular weight is 380 g/mol. The number of aryl methyl sites for hydroxylation is 1. The predicted molar refractivity (Wildman–Crippen MR) is 110 cm³/mol. The summed E-state index contributed by atoms with van der Waals surface area (Å²) in [4.78, 5) is 17.8. The Morgan fingerprint density at radius 2 is 1.88 bits per heavy atom. The normalized spacial score (nSPS) is 21.0. The first kappa shape index (κ1) is 21.2. The molecular weight excluding hydrogens is 346 g/mol. The van der Waals surface area contributed by atoms with Crippen LogP contribution in [0.3, 0.4) is 0 Å².